The summed E-state index contributed by atoms with van der Waals surface area (Å²) in [4.78, 5) is 12.5. The predicted molar refractivity (Wildman–Crippen MR) is 88.7 cm³/mol. The maximum Gasteiger partial charge on any atom is 0.223 e. The van der Waals surface area contributed by atoms with Crippen LogP contribution in [0.25, 0.3) is 0 Å². The molecule has 0 bridgehead atoms. The maximum absolute atomic E-state index is 12.5. The maximum atomic E-state index is 12.5. The Morgan fingerprint density at radius 3 is 2.64 bits per heavy atom. The van der Waals surface area contributed by atoms with E-state index in [2.05, 4.69) is 12.2 Å². The van der Waals surface area contributed by atoms with Gasteiger partial charge in [0.2, 0.25) is 5.91 Å². The van der Waals surface area contributed by atoms with Crippen molar-refractivity contribution in [2.45, 2.75) is 57.5 Å². The number of benzene rings is 1. The SMILES string of the molecule is CCCCC(NC(=O)C1CCC(N)C1)c1ccc(OC)cc1. The first-order valence-corrected chi connectivity index (χ1v) is 8.34. The molecule has 0 saturated heterocycles. The van der Waals surface area contributed by atoms with Gasteiger partial charge in [-0.3, -0.25) is 4.79 Å². The molecule has 122 valence electrons. The highest BCUT2D eigenvalue weighted by Crippen LogP contribution is 2.27. The lowest BCUT2D eigenvalue weighted by Crippen LogP contribution is -2.33. The van der Waals surface area contributed by atoms with E-state index >= 15 is 0 Å². The molecule has 1 aliphatic rings. The minimum Gasteiger partial charge on any atom is -0.497 e. The molecule has 1 fully saturated rings. The van der Waals surface area contributed by atoms with Gasteiger partial charge in [0.05, 0.1) is 13.2 Å². The molecule has 0 aliphatic heterocycles. The fourth-order valence-electron chi connectivity index (χ4n) is 3.11. The van der Waals surface area contributed by atoms with Crippen LogP contribution in [0.4, 0.5) is 0 Å². The molecule has 0 aromatic heterocycles. The lowest BCUT2D eigenvalue weighted by Gasteiger charge is -2.21. The first kappa shape index (κ1) is 16.8. The smallest absolute Gasteiger partial charge is 0.223 e. The van der Waals surface area contributed by atoms with Crippen LogP contribution < -0.4 is 15.8 Å². The Bertz CT molecular complexity index is 472. The second kappa shape index (κ2) is 8.18. The van der Waals surface area contributed by atoms with E-state index in [1.54, 1.807) is 7.11 Å². The van der Waals surface area contributed by atoms with E-state index in [0.717, 1.165) is 49.8 Å². The summed E-state index contributed by atoms with van der Waals surface area (Å²) in [6.07, 6.45) is 5.87. The number of nitrogens with one attached hydrogen (secondary N) is 1. The largest absolute Gasteiger partial charge is 0.497 e. The van der Waals surface area contributed by atoms with E-state index in [-0.39, 0.29) is 23.9 Å². The summed E-state index contributed by atoms with van der Waals surface area (Å²) >= 11 is 0. The predicted octanol–water partition coefficient (Wildman–Crippen LogP) is 3.17. The van der Waals surface area contributed by atoms with E-state index < -0.39 is 0 Å². The van der Waals surface area contributed by atoms with E-state index in [1.807, 2.05) is 24.3 Å². The van der Waals surface area contributed by atoms with Gasteiger partial charge in [0, 0.05) is 12.0 Å². The third-order valence-electron chi connectivity index (χ3n) is 4.52. The van der Waals surface area contributed by atoms with Crippen molar-refractivity contribution < 1.29 is 9.53 Å². The minimum absolute atomic E-state index is 0.0789. The molecule has 0 heterocycles. The number of unbranched alkanes of at least 4 members (excludes halogenated alkanes) is 1. The van der Waals surface area contributed by atoms with Gasteiger partial charge in [0.1, 0.15) is 5.75 Å². The molecule has 22 heavy (non-hydrogen) atoms. The summed E-state index contributed by atoms with van der Waals surface area (Å²) in [5.74, 6) is 1.08. The molecule has 3 atom stereocenters. The van der Waals surface area contributed by atoms with Crippen LogP contribution in [0.1, 0.15) is 57.1 Å². The van der Waals surface area contributed by atoms with Gasteiger partial charge in [-0.25, -0.2) is 0 Å². The molecule has 0 radical (unpaired) electrons. The Kier molecular flexibility index (Phi) is 6.25. The Hall–Kier alpha value is -1.55. The summed E-state index contributed by atoms with van der Waals surface area (Å²) in [7, 11) is 1.66. The zero-order valence-electron chi connectivity index (χ0n) is 13.7. The van der Waals surface area contributed by atoms with Crippen LogP contribution in [-0.2, 0) is 4.79 Å². The van der Waals surface area contributed by atoms with Crippen LogP contribution in [-0.4, -0.2) is 19.1 Å². The molecule has 3 unspecified atom stereocenters. The number of methoxy groups -OCH3 is 1. The molecule has 4 nitrogen and oxygen atoms in total. The molecule has 3 N–H and O–H groups in total. The first-order valence-electron chi connectivity index (χ1n) is 8.34. The van der Waals surface area contributed by atoms with E-state index in [0.29, 0.717) is 0 Å². The molecular weight excluding hydrogens is 276 g/mol. The average molecular weight is 304 g/mol. The highest BCUT2D eigenvalue weighted by Gasteiger charge is 2.29. The molecule has 2 rings (SSSR count). The van der Waals surface area contributed by atoms with Crippen molar-refractivity contribution in [1.82, 2.24) is 5.32 Å². The van der Waals surface area contributed by atoms with Crippen molar-refractivity contribution in [3.63, 3.8) is 0 Å². The summed E-state index contributed by atoms with van der Waals surface area (Å²) in [5.41, 5.74) is 7.07. The third-order valence-corrected chi connectivity index (χ3v) is 4.52. The topological polar surface area (TPSA) is 64.4 Å². The average Bonchev–Trinajstić information content (AvgIpc) is 2.98. The van der Waals surface area contributed by atoms with Gasteiger partial charge < -0.3 is 15.8 Å². The van der Waals surface area contributed by atoms with Crippen molar-refractivity contribution in [2.24, 2.45) is 11.7 Å². The third kappa shape index (κ3) is 4.47. The lowest BCUT2D eigenvalue weighted by atomic mass is 9.99. The molecule has 0 spiro atoms. The van der Waals surface area contributed by atoms with E-state index in [4.69, 9.17) is 10.5 Å². The molecule has 1 aromatic carbocycles. The highest BCUT2D eigenvalue weighted by molar-refractivity contribution is 5.79. The summed E-state index contributed by atoms with van der Waals surface area (Å²) in [6, 6.07) is 8.25. The standard InChI is InChI=1S/C18H28N2O2/c1-3-4-5-17(13-7-10-16(22-2)11-8-13)20-18(21)14-6-9-15(19)12-14/h7-8,10-11,14-15,17H,3-6,9,12,19H2,1-2H3,(H,20,21). The lowest BCUT2D eigenvalue weighted by molar-refractivity contribution is -0.125. The zero-order valence-corrected chi connectivity index (χ0v) is 13.7. The summed E-state index contributed by atoms with van der Waals surface area (Å²) in [5, 5.41) is 3.23. The number of carbonyl (C=O) groups excluding carboxylic acids is 1. The van der Waals surface area contributed by atoms with Crippen molar-refractivity contribution in [2.75, 3.05) is 7.11 Å². The van der Waals surface area contributed by atoms with Gasteiger partial charge in [0.25, 0.3) is 0 Å². The van der Waals surface area contributed by atoms with E-state index in [9.17, 15) is 4.79 Å². The second-order valence-electron chi connectivity index (χ2n) is 6.25. The number of hydrogen-bond acceptors (Lipinski definition) is 3. The summed E-state index contributed by atoms with van der Waals surface area (Å²) < 4.78 is 5.20. The van der Waals surface area contributed by atoms with Crippen molar-refractivity contribution in [3.8, 4) is 5.75 Å². The fraction of sp³-hybridized carbons (Fsp3) is 0.611. The quantitative estimate of drug-likeness (QED) is 0.813. The number of ether oxygens (including phenoxy) is 1. The first-order chi connectivity index (χ1) is 10.6. The summed E-state index contributed by atoms with van der Waals surface area (Å²) in [6.45, 7) is 2.17. The Morgan fingerprint density at radius 2 is 2.09 bits per heavy atom. The van der Waals surface area contributed by atoms with Crippen LogP contribution >= 0.6 is 0 Å². The van der Waals surface area contributed by atoms with Crippen LogP contribution in [0.15, 0.2) is 24.3 Å². The Balaban J connectivity index is 2.02. The molecular formula is C18H28N2O2. The number of rotatable bonds is 7. The number of hydrogen-bond donors (Lipinski definition) is 2. The number of nitrogens with two attached hydrogens (primary N) is 1. The van der Waals surface area contributed by atoms with Gasteiger partial charge in [-0.1, -0.05) is 31.9 Å². The molecule has 1 aromatic rings. The van der Waals surface area contributed by atoms with Crippen LogP contribution in [0.3, 0.4) is 0 Å². The van der Waals surface area contributed by atoms with E-state index in [1.165, 1.54) is 0 Å². The zero-order chi connectivity index (χ0) is 15.9. The van der Waals surface area contributed by atoms with Crippen LogP contribution in [0.5, 0.6) is 5.75 Å². The number of carbonyl (C=O) groups is 1. The normalized spacial score (nSPS) is 22.3. The van der Waals surface area contributed by atoms with Crippen molar-refractivity contribution in [3.05, 3.63) is 29.8 Å². The van der Waals surface area contributed by atoms with Gasteiger partial charge in [-0.15, -0.1) is 0 Å². The van der Waals surface area contributed by atoms with Gasteiger partial charge >= 0.3 is 0 Å². The van der Waals surface area contributed by atoms with Crippen molar-refractivity contribution in [1.29, 1.82) is 0 Å². The second-order valence-corrected chi connectivity index (χ2v) is 6.25. The monoisotopic (exact) mass is 304 g/mol. The molecule has 1 amide bonds. The van der Waals surface area contributed by atoms with Gasteiger partial charge in [-0.05, 0) is 43.4 Å². The van der Waals surface area contributed by atoms with Crippen LogP contribution in [0, 0.1) is 5.92 Å². The molecule has 4 heteroatoms. The van der Waals surface area contributed by atoms with Gasteiger partial charge in [0.15, 0.2) is 0 Å². The Labute approximate surface area is 133 Å². The Morgan fingerprint density at radius 1 is 1.36 bits per heavy atom. The molecule has 1 saturated carbocycles. The fourth-order valence-corrected chi connectivity index (χ4v) is 3.11. The number of amides is 1. The molecule has 1 aliphatic carbocycles. The van der Waals surface area contributed by atoms with Crippen molar-refractivity contribution >= 4 is 5.91 Å². The highest BCUT2D eigenvalue weighted by atomic mass is 16.5. The van der Waals surface area contributed by atoms with Gasteiger partial charge in [-0.2, -0.15) is 0 Å². The van der Waals surface area contributed by atoms with Crippen LogP contribution in [0.2, 0.25) is 0 Å². The minimum atomic E-state index is 0.0789.